The van der Waals surface area contributed by atoms with E-state index in [1.165, 1.54) is 7.11 Å². The zero-order chi connectivity index (χ0) is 14.3. The molecule has 0 aliphatic heterocycles. The summed E-state index contributed by atoms with van der Waals surface area (Å²) in [7, 11) is 1.37. The highest BCUT2D eigenvalue weighted by molar-refractivity contribution is 5.73. The maximum absolute atomic E-state index is 11.4. The number of benzene rings is 1. The van der Waals surface area contributed by atoms with Gasteiger partial charge in [0, 0.05) is 6.42 Å². The van der Waals surface area contributed by atoms with E-state index in [1.54, 1.807) is 6.92 Å². The van der Waals surface area contributed by atoms with Crippen LogP contribution in [0.4, 0.5) is 0 Å². The van der Waals surface area contributed by atoms with Crippen molar-refractivity contribution in [1.82, 2.24) is 0 Å². The first-order valence-electron chi connectivity index (χ1n) is 6.37. The van der Waals surface area contributed by atoms with Crippen molar-refractivity contribution in [2.75, 3.05) is 13.7 Å². The molecule has 0 amide bonds. The van der Waals surface area contributed by atoms with Crippen molar-refractivity contribution in [3.05, 3.63) is 34.9 Å². The Bertz CT molecular complexity index is 451. The maximum Gasteiger partial charge on any atom is 0.309 e. The van der Waals surface area contributed by atoms with Crippen molar-refractivity contribution in [3.63, 3.8) is 0 Å². The van der Waals surface area contributed by atoms with Crippen LogP contribution in [0, 0.1) is 6.92 Å². The number of ether oxygens (including phenoxy) is 2. The maximum atomic E-state index is 11.4. The number of methoxy groups -OCH3 is 1. The van der Waals surface area contributed by atoms with Crippen LogP contribution in [0.2, 0.25) is 0 Å². The lowest BCUT2D eigenvalue weighted by Crippen LogP contribution is -2.09. The molecule has 1 rings (SSSR count). The van der Waals surface area contributed by atoms with E-state index >= 15 is 0 Å². The van der Waals surface area contributed by atoms with Crippen LogP contribution >= 0.6 is 0 Å². The standard InChI is InChI=1S/C15H20O4/c1-4-19-14(16)8-7-12-6-5-11(2)9-13(12)10-15(17)18-3/h5-6,9H,4,7-8,10H2,1-3H3. The molecule has 1 aromatic rings. The van der Waals surface area contributed by atoms with Crippen molar-refractivity contribution in [1.29, 1.82) is 0 Å². The largest absolute Gasteiger partial charge is 0.469 e. The lowest BCUT2D eigenvalue weighted by molar-refractivity contribution is -0.143. The van der Waals surface area contributed by atoms with Crippen LogP contribution in [-0.4, -0.2) is 25.7 Å². The molecule has 0 N–H and O–H groups in total. The number of carbonyl (C=O) groups is 2. The second-order valence-corrected chi connectivity index (χ2v) is 4.33. The molecular weight excluding hydrogens is 244 g/mol. The minimum Gasteiger partial charge on any atom is -0.469 e. The molecule has 0 fully saturated rings. The Hall–Kier alpha value is -1.84. The molecule has 0 atom stereocenters. The Balaban J connectivity index is 2.76. The third-order valence-corrected chi connectivity index (χ3v) is 2.83. The monoisotopic (exact) mass is 264 g/mol. The van der Waals surface area contributed by atoms with Crippen LogP contribution in [0.1, 0.15) is 30.0 Å². The minimum absolute atomic E-state index is 0.216. The molecule has 1 aromatic carbocycles. The fourth-order valence-electron chi connectivity index (χ4n) is 1.86. The van der Waals surface area contributed by atoms with Gasteiger partial charge in [0.1, 0.15) is 0 Å². The summed E-state index contributed by atoms with van der Waals surface area (Å²) in [6.45, 7) is 4.14. The molecule has 0 spiro atoms. The molecule has 0 heterocycles. The SMILES string of the molecule is CCOC(=O)CCc1ccc(C)cc1CC(=O)OC. The Morgan fingerprint density at radius 1 is 1.16 bits per heavy atom. The fraction of sp³-hybridized carbons (Fsp3) is 0.467. The zero-order valence-corrected chi connectivity index (χ0v) is 11.7. The van der Waals surface area contributed by atoms with Gasteiger partial charge in [0.2, 0.25) is 0 Å². The number of rotatable bonds is 6. The molecule has 0 unspecified atom stereocenters. The predicted molar refractivity (Wildman–Crippen MR) is 71.9 cm³/mol. The number of carbonyl (C=O) groups excluding carboxylic acids is 2. The summed E-state index contributed by atoms with van der Waals surface area (Å²) >= 11 is 0. The third kappa shape index (κ3) is 5.12. The van der Waals surface area contributed by atoms with Gasteiger partial charge in [0.25, 0.3) is 0 Å². The summed E-state index contributed by atoms with van der Waals surface area (Å²) in [5.74, 6) is -0.491. The molecule has 104 valence electrons. The first kappa shape index (κ1) is 15.2. The van der Waals surface area contributed by atoms with E-state index < -0.39 is 0 Å². The van der Waals surface area contributed by atoms with Gasteiger partial charge in [-0.15, -0.1) is 0 Å². The molecule has 19 heavy (non-hydrogen) atoms. The van der Waals surface area contributed by atoms with Gasteiger partial charge in [-0.2, -0.15) is 0 Å². The Morgan fingerprint density at radius 3 is 2.53 bits per heavy atom. The number of esters is 2. The predicted octanol–water partition coefficient (Wildman–Crippen LogP) is 2.21. The average Bonchev–Trinajstić information content (AvgIpc) is 2.38. The van der Waals surface area contributed by atoms with E-state index in [0.29, 0.717) is 19.4 Å². The van der Waals surface area contributed by atoms with Crippen molar-refractivity contribution in [3.8, 4) is 0 Å². The molecule has 0 aromatic heterocycles. The topological polar surface area (TPSA) is 52.6 Å². The first-order chi connectivity index (χ1) is 9.06. The van der Waals surface area contributed by atoms with E-state index in [-0.39, 0.29) is 18.4 Å². The molecule has 0 saturated heterocycles. The summed E-state index contributed by atoms with van der Waals surface area (Å²) in [5, 5.41) is 0. The summed E-state index contributed by atoms with van der Waals surface area (Å²) < 4.78 is 9.58. The summed E-state index contributed by atoms with van der Waals surface area (Å²) in [4.78, 5) is 22.7. The lowest BCUT2D eigenvalue weighted by Gasteiger charge is -2.09. The molecule has 0 aliphatic carbocycles. The van der Waals surface area contributed by atoms with Gasteiger partial charge in [0.05, 0.1) is 20.1 Å². The van der Waals surface area contributed by atoms with Gasteiger partial charge in [0.15, 0.2) is 0 Å². The number of hydrogen-bond donors (Lipinski definition) is 0. The highest BCUT2D eigenvalue weighted by Gasteiger charge is 2.10. The van der Waals surface area contributed by atoms with Gasteiger partial charge in [-0.25, -0.2) is 0 Å². The Kier molecular flexibility index (Phi) is 6.06. The van der Waals surface area contributed by atoms with E-state index in [4.69, 9.17) is 4.74 Å². The van der Waals surface area contributed by atoms with E-state index in [1.807, 2.05) is 25.1 Å². The molecule has 0 bridgehead atoms. The minimum atomic E-state index is -0.275. The highest BCUT2D eigenvalue weighted by Crippen LogP contribution is 2.15. The molecule has 0 saturated carbocycles. The highest BCUT2D eigenvalue weighted by atomic mass is 16.5. The van der Waals surface area contributed by atoms with E-state index in [9.17, 15) is 9.59 Å². The third-order valence-electron chi connectivity index (χ3n) is 2.83. The second kappa shape index (κ2) is 7.56. The molecule has 0 radical (unpaired) electrons. The van der Waals surface area contributed by atoms with Gasteiger partial charge < -0.3 is 9.47 Å². The van der Waals surface area contributed by atoms with Crippen LogP contribution in [0.15, 0.2) is 18.2 Å². The van der Waals surface area contributed by atoms with Gasteiger partial charge in [-0.3, -0.25) is 9.59 Å². The van der Waals surface area contributed by atoms with Crippen molar-refractivity contribution >= 4 is 11.9 Å². The van der Waals surface area contributed by atoms with Gasteiger partial charge in [-0.1, -0.05) is 23.8 Å². The molecule has 4 heteroatoms. The van der Waals surface area contributed by atoms with E-state index in [2.05, 4.69) is 4.74 Å². The van der Waals surface area contributed by atoms with Crippen molar-refractivity contribution in [2.45, 2.75) is 33.1 Å². The quantitative estimate of drug-likeness (QED) is 0.739. The average molecular weight is 264 g/mol. The van der Waals surface area contributed by atoms with Crippen molar-refractivity contribution < 1.29 is 19.1 Å². The Labute approximate surface area is 113 Å². The fourth-order valence-corrected chi connectivity index (χ4v) is 1.86. The van der Waals surface area contributed by atoms with Crippen LogP contribution in [-0.2, 0) is 31.9 Å². The molecule has 4 nitrogen and oxygen atoms in total. The van der Waals surface area contributed by atoms with Crippen LogP contribution in [0.25, 0.3) is 0 Å². The normalized spacial score (nSPS) is 10.1. The summed E-state index contributed by atoms with van der Waals surface area (Å²) in [5.41, 5.74) is 2.99. The van der Waals surface area contributed by atoms with Gasteiger partial charge >= 0.3 is 11.9 Å². The van der Waals surface area contributed by atoms with E-state index in [0.717, 1.165) is 16.7 Å². The second-order valence-electron chi connectivity index (χ2n) is 4.33. The van der Waals surface area contributed by atoms with Crippen LogP contribution < -0.4 is 0 Å². The number of aryl methyl sites for hydroxylation is 2. The van der Waals surface area contributed by atoms with Gasteiger partial charge in [-0.05, 0) is 31.4 Å². The number of hydrogen-bond acceptors (Lipinski definition) is 4. The molecule has 0 aliphatic rings. The summed E-state index contributed by atoms with van der Waals surface area (Å²) in [6.07, 6.45) is 1.13. The smallest absolute Gasteiger partial charge is 0.309 e. The van der Waals surface area contributed by atoms with Crippen LogP contribution in [0.5, 0.6) is 0 Å². The first-order valence-corrected chi connectivity index (χ1v) is 6.37. The Morgan fingerprint density at radius 2 is 1.89 bits per heavy atom. The molecular formula is C15H20O4. The van der Waals surface area contributed by atoms with Crippen LogP contribution in [0.3, 0.4) is 0 Å². The zero-order valence-electron chi connectivity index (χ0n) is 11.7. The summed E-state index contributed by atoms with van der Waals surface area (Å²) in [6, 6.07) is 5.88. The van der Waals surface area contributed by atoms with Crippen molar-refractivity contribution in [2.24, 2.45) is 0 Å². The lowest BCUT2D eigenvalue weighted by atomic mass is 9.98.